The molecule has 0 unspecified atom stereocenters. The van der Waals surface area contributed by atoms with Gasteiger partial charge in [-0.15, -0.1) is 12.4 Å². The third kappa shape index (κ3) is 2.49. The summed E-state index contributed by atoms with van der Waals surface area (Å²) in [5.41, 5.74) is 7.07. The molecule has 1 aromatic heterocycles. The molecule has 2 N–H and O–H groups in total. The summed E-state index contributed by atoms with van der Waals surface area (Å²) in [5, 5.41) is 6.53. The van der Waals surface area contributed by atoms with Crippen LogP contribution in [0.1, 0.15) is 36.5 Å². The van der Waals surface area contributed by atoms with Crippen LogP contribution in [-0.4, -0.2) is 10.1 Å². The molecule has 1 saturated carbocycles. The predicted molar refractivity (Wildman–Crippen MR) is 88.0 cm³/mol. The molecule has 0 aliphatic heterocycles. The Morgan fingerprint density at radius 3 is 2.64 bits per heavy atom. The Labute approximate surface area is 135 Å². The first-order valence-electron chi connectivity index (χ1n) is 7.33. The first-order chi connectivity index (χ1) is 10.2. The van der Waals surface area contributed by atoms with Crippen LogP contribution in [0.15, 0.2) is 47.0 Å². The number of rotatable bonds is 3. The van der Waals surface area contributed by atoms with Gasteiger partial charge in [0, 0.05) is 0 Å². The van der Waals surface area contributed by atoms with Crippen molar-refractivity contribution in [3.05, 3.63) is 59.7 Å². The Morgan fingerprint density at radius 1 is 1.09 bits per heavy atom. The van der Waals surface area contributed by atoms with Crippen molar-refractivity contribution in [2.75, 3.05) is 0 Å². The predicted octanol–water partition coefficient (Wildman–Crippen LogP) is 3.57. The second-order valence-electron chi connectivity index (χ2n) is 5.84. The molecule has 1 heterocycles. The van der Waals surface area contributed by atoms with Crippen LogP contribution in [0.3, 0.4) is 0 Å². The van der Waals surface area contributed by atoms with Crippen molar-refractivity contribution in [3.63, 3.8) is 0 Å². The van der Waals surface area contributed by atoms with Crippen molar-refractivity contribution in [2.45, 2.75) is 31.2 Å². The van der Waals surface area contributed by atoms with Crippen LogP contribution < -0.4 is 5.73 Å². The molecule has 0 amide bonds. The van der Waals surface area contributed by atoms with Crippen LogP contribution in [0.2, 0.25) is 0 Å². The van der Waals surface area contributed by atoms with Crippen molar-refractivity contribution in [2.24, 2.45) is 5.73 Å². The molecule has 1 aliphatic rings. The monoisotopic (exact) mass is 315 g/mol. The fraction of sp³-hybridized carbons (Fsp3) is 0.294. The van der Waals surface area contributed by atoms with Crippen molar-refractivity contribution >= 4 is 23.2 Å². The van der Waals surface area contributed by atoms with Gasteiger partial charge in [0.1, 0.15) is 0 Å². The molecule has 1 aliphatic carbocycles. The summed E-state index contributed by atoms with van der Waals surface area (Å²) in [7, 11) is 0. The van der Waals surface area contributed by atoms with E-state index in [9.17, 15) is 0 Å². The van der Waals surface area contributed by atoms with Gasteiger partial charge in [-0.2, -0.15) is 4.98 Å². The highest BCUT2D eigenvalue weighted by Gasteiger charge is 2.38. The van der Waals surface area contributed by atoms with Crippen LogP contribution in [-0.2, 0) is 12.0 Å². The Hall–Kier alpha value is -1.91. The van der Waals surface area contributed by atoms with Crippen LogP contribution in [0, 0.1) is 0 Å². The van der Waals surface area contributed by atoms with E-state index in [1.165, 1.54) is 16.3 Å². The summed E-state index contributed by atoms with van der Waals surface area (Å²) in [5.74, 6) is 1.29. The minimum atomic E-state index is -0.361. The molecule has 0 radical (unpaired) electrons. The average Bonchev–Trinajstić information content (AvgIpc) is 2.94. The number of nitrogens with zero attached hydrogens (tertiary/aromatic N) is 2. The van der Waals surface area contributed by atoms with E-state index < -0.39 is 0 Å². The fourth-order valence-electron chi connectivity index (χ4n) is 2.92. The second kappa shape index (κ2) is 5.71. The highest BCUT2D eigenvalue weighted by atomic mass is 35.5. The molecule has 3 aromatic rings. The third-order valence-electron chi connectivity index (χ3n) is 4.38. The largest absolute Gasteiger partial charge is 0.339 e. The molecule has 0 saturated heterocycles. The maximum absolute atomic E-state index is 6.24. The Balaban J connectivity index is 0.00000144. The summed E-state index contributed by atoms with van der Waals surface area (Å²) in [6.45, 7) is 0. The smallest absolute Gasteiger partial charge is 0.231 e. The Morgan fingerprint density at radius 2 is 1.86 bits per heavy atom. The van der Waals surface area contributed by atoms with Crippen molar-refractivity contribution in [1.82, 2.24) is 10.1 Å². The standard InChI is InChI=1S/C17H17N3O.ClH/c18-17(9-4-10-17)16-19-15(21-20-16)11-13-7-3-6-12-5-1-2-8-14(12)13;/h1-3,5-8H,4,9-11,18H2;1H. The van der Waals surface area contributed by atoms with E-state index >= 15 is 0 Å². The number of halogens is 1. The number of nitrogens with two attached hydrogens (primary N) is 1. The van der Waals surface area contributed by atoms with Crippen LogP contribution in [0.25, 0.3) is 10.8 Å². The molecule has 0 spiro atoms. The van der Waals surface area contributed by atoms with Gasteiger partial charge in [-0.1, -0.05) is 47.6 Å². The lowest BCUT2D eigenvalue weighted by atomic mass is 9.77. The molecule has 1 fully saturated rings. The molecule has 22 heavy (non-hydrogen) atoms. The number of benzene rings is 2. The van der Waals surface area contributed by atoms with E-state index in [4.69, 9.17) is 10.3 Å². The molecular weight excluding hydrogens is 298 g/mol. The van der Waals surface area contributed by atoms with Gasteiger partial charge >= 0.3 is 0 Å². The number of hydrogen-bond donors (Lipinski definition) is 1. The lowest BCUT2D eigenvalue weighted by molar-refractivity contribution is 0.229. The lowest BCUT2D eigenvalue weighted by Gasteiger charge is -2.34. The minimum Gasteiger partial charge on any atom is -0.339 e. The zero-order valence-corrected chi connectivity index (χ0v) is 13.0. The van der Waals surface area contributed by atoms with E-state index in [1.807, 2.05) is 12.1 Å². The summed E-state index contributed by atoms with van der Waals surface area (Å²) in [6.07, 6.45) is 3.68. The van der Waals surface area contributed by atoms with Gasteiger partial charge in [0.05, 0.1) is 12.0 Å². The Bertz CT molecular complexity index is 790. The van der Waals surface area contributed by atoms with Gasteiger partial charge in [0.15, 0.2) is 5.82 Å². The van der Waals surface area contributed by atoms with E-state index in [1.54, 1.807) is 0 Å². The molecule has 4 nitrogen and oxygen atoms in total. The maximum atomic E-state index is 6.24. The molecule has 2 aromatic carbocycles. The average molecular weight is 316 g/mol. The van der Waals surface area contributed by atoms with Gasteiger partial charge in [-0.25, -0.2) is 0 Å². The van der Waals surface area contributed by atoms with E-state index in [0.717, 1.165) is 19.3 Å². The number of fused-ring (bicyclic) bond motifs is 1. The molecular formula is C17H18ClN3O. The van der Waals surface area contributed by atoms with Gasteiger partial charge in [-0.05, 0) is 35.6 Å². The SMILES string of the molecule is Cl.NC1(c2noc(Cc3cccc4ccccc34)n2)CCC1. The molecule has 4 rings (SSSR count). The summed E-state index contributed by atoms with van der Waals surface area (Å²) >= 11 is 0. The van der Waals surface area contributed by atoms with Crippen molar-refractivity contribution < 1.29 is 4.52 Å². The first kappa shape index (κ1) is 15.0. The van der Waals surface area contributed by atoms with Gasteiger partial charge in [0.25, 0.3) is 0 Å². The van der Waals surface area contributed by atoms with Crippen molar-refractivity contribution in [1.29, 1.82) is 0 Å². The molecule has 5 heteroatoms. The number of aromatic nitrogens is 2. The third-order valence-corrected chi connectivity index (χ3v) is 4.38. The molecule has 0 atom stereocenters. The fourth-order valence-corrected chi connectivity index (χ4v) is 2.92. The molecule has 114 valence electrons. The maximum Gasteiger partial charge on any atom is 0.231 e. The van der Waals surface area contributed by atoms with E-state index in [-0.39, 0.29) is 17.9 Å². The van der Waals surface area contributed by atoms with E-state index in [2.05, 4.69) is 40.5 Å². The summed E-state index contributed by atoms with van der Waals surface area (Å²) in [6, 6.07) is 14.6. The Kier molecular flexibility index (Phi) is 3.89. The zero-order valence-electron chi connectivity index (χ0n) is 12.2. The lowest BCUT2D eigenvalue weighted by Crippen LogP contribution is -2.44. The van der Waals surface area contributed by atoms with Crippen LogP contribution >= 0.6 is 12.4 Å². The van der Waals surface area contributed by atoms with Gasteiger partial charge < -0.3 is 10.3 Å². The summed E-state index contributed by atoms with van der Waals surface area (Å²) in [4.78, 5) is 4.50. The first-order valence-corrected chi connectivity index (χ1v) is 7.33. The molecule has 0 bridgehead atoms. The van der Waals surface area contributed by atoms with Crippen LogP contribution in [0.4, 0.5) is 0 Å². The highest BCUT2D eigenvalue weighted by Crippen LogP contribution is 2.37. The minimum absolute atomic E-state index is 0. The van der Waals surface area contributed by atoms with Gasteiger partial charge in [-0.3, -0.25) is 0 Å². The second-order valence-corrected chi connectivity index (χ2v) is 5.84. The van der Waals surface area contributed by atoms with Crippen molar-refractivity contribution in [3.8, 4) is 0 Å². The summed E-state index contributed by atoms with van der Waals surface area (Å²) < 4.78 is 5.40. The highest BCUT2D eigenvalue weighted by molar-refractivity contribution is 5.86. The zero-order chi connectivity index (χ0) is 14.3. The van der Waals surface area contributed by atoms with Gasteiger partial charge in [0.2, 0.25) is 5.89 Å². The number of hydrogen-bond acceptors (Lipinski definition) is 4. The normalized spacial score (nSPS) is 16.0. The van der Waals surface area contributed by atoms with E-state index in [0.29, 0.717) is 18.1 Å². The topological polar surface area (TPSA) is 64.9 Å². The quantitative estimate of drug-likeness (QED) is 0.802. The van der Waals surface area contributed by atoms with Crippen LogP contribution in [0.5, 0.6) is 0 Å².